The van der Waals surface area contributed by atoms with Crippen LogP contribution in [-0.4, -0.2) is 28.5 Å². The first-order valence-electron chi connectivity index (χ1n) is 6.03. The van der Waals surface area contributed by atoms with Gasteiger partial charge in [-0.15, -0.1) is 5.46 Å². The van der Waals surface area contributed by atoms with Crippen LogP contribution in [0.1, 0.15) is 26.3 Å². The Kier molecular flexibility index (Phi) is 3.30. The summed E-state index contributed by atoms with van der Waals surface area (Å²) in [6.07, 6.45) is -0.597. The predicted molar refractivity (Wildman–Crippen MR) is 70.9 cm³/mol. The lowest BCUT2D eigenvalue weighted by molar-refractivity contribution is 0.0636. The van der Waals surface area contributed by atoms with Crippen LogP contribution >= 0.6 is 0 Å². The first-order chi connectivity index (χ1) is 8.67. The number of hydrogen-bond acceptors (Lipinski definition) is 5. The summed E-state index contributed by atoms with van der Waals surface area (Å²) in [5.74, 6) is 0. The van der Waals surface area contributed by atoms with Gasteiger partial charge < -0.3 is 19.4 Å². The number of rotatable bonds is 1. The van der Waals surface area contributed by atoms with Crippen LogP contribution in [0.15, 0.2) is 18.2 Å². The lowest BCUT2D eigenvalue weighted by atomic mass is 9.70. The molecule has 0 aromatic heterocycles. The van der Waals surface area contributed by atoms with Gasteiger partial charge in [0.2, 0.25) is 0 Å². The van der Waals surface area contributed by atoms with E-state index in [1.54, 1.807) is 32.9 Å². The van der Waals surface area contributed by atoms with Crippen LogP contribution in [0.3, 0.4) is 0 Å². The van der Waals surface area contributed by atoms with Gasteiger partial charge in [-0.25, -0.2) is 4.79 Å². The molecule has 0 unspecified atom stereocenters. The van der Waals surface area contributed by atoms with Crippen molar-refractivity contribution in [2.75, 3.05) is 5.32 Å². The third-order valence-electron chi connectivity index (χ3n) is 2.67. The molecule has 104 valence electrons. The van der Waals surface area contributed by atoms with Gasteiger partial charge in [0.25, 0.3) is 0 Å². The molecule has 0 radical (unpaired) electrons. The van der Waals surface area contributed by atoms with Gasteiger partial charge in [0.15, 0.2) is 0 Å². The summed E-state index contributed by atoms with van der Waals surface area (Å²) in [5, 5.41) is 21.8. The van der Waals surface area contributed by atoms with E-state index < -0.39 is 18.4 Å². The molecule has 1 aliphatic heterocycles. The third kappa shape index (κ3) is 3.26. The molecule has 1 aromatic carbocycles. The van der Waals surface area contributed by atoms with Gasteiger partial charge in [-0.05, 0) is 26.8 Å². The van der Waals surface area contributed by atoms with Crippen molar-refractivity contribution in [3.63, 3.8) is 0 Å². The molecule has 0 spiro atoms. The van der Waals surface area contributed by atoms with Gasteiger partial charge in [0, 0.05) is 12.3 Å². The lowest BCUT2D eigenvalue weighted by Crippen LogP contribution is -2.47. The highest BCUT2D eigenvalue weighted by atomic mass is 16.6. The zero-order valence-corrected chi connectivity index (χ0v) is 11.1. The van der Waals surface area contributed by atoms with E-state index in [1.165, 1.54) is 6.07 Å². The molecule has 0 saturated heterocycles. The Morgan fingerprint density at radius 3 is 2.74 bits per heavy atom. The molecule has 3 N–H and O–H groups in total. The Labute approximate surface area is 111 Å². The molecule has 7 heteroatoms. The van der Waals surface area contributed by atoms with E-state index in [1.807, 2.05) is 0 Å². The zero-order valence-electron chi connectivity index (χ0n) is 11.1. The van der Waals surface area contributed by atoms with Crippen LogP contribution in [-0.2, 0) is 16.0 Å². The summed E-state index contributed by atoms with van der Waals surface area (Å²) in [5.41, 5.74) is 0.812. The van der Waals surface area contributed by atoms with Crippen molar-refractivity contribution < 1.29 is 24.2 Å². The molecule has 0 bridgehead atoms. The Bertz CT molecular complexity index is 509. The summed E-state index contributed by atoms with van der Waals surface area (Å²) in [7, 11) is 0. The van der Waals surface area contributed by atoms with E-state index in [0.717, 1.165) is 0 Å². The second-order valence-corrected chi connectivity index (χ2v) is 5.55. The number of benzene rings is 1. The SMILES string of the molecule is CC(C)(C)OC(=O)Nc1ccc2c(c1)[B-](O)(O)OC2. The minimum Gasteiger partial charge on any atom is -0.556 e. The molecular formula is C12H17BNO5-. The fraction of sp³-hybridized carbons (Fsp3) is 0.417. The molecule has 1 aromatic rings. The number of fused-ring (bicyclic) bond motifs is 1. The molecule has 0 atom stereocenters. The monoisotopic (exact) mass is 266 g/mol. The number of hydrogen-bond donors (Lipinski definition) is 3. The fourth-order valence-electron chi connectivity index (χ4n) is 1.87. The third-order valence-corrected chi connectivity index (χ3v) is 2.67. The summed E-state index contributed by atoms with van der Waals surface area (Å²) in [6, 6.07) is 4.81. The second-order valence-electron chi connectivity index (χ2n) is 5.55. The highest BCUT2D eigenvalue weighted by molar-refractivity contribution is 6.74. The molecule has 1 heterocycles. The zero-order chi connectivity index (χ0) is 14.3. The van der Waals surface area contributed by atoms with E-state index in [-0.39, 0.29) is 12.1 Å². The van der Waals surface area contributed by atoms with Crippen LogP contribution in [0, 0.1) is 0 Å². The molecular weight excluding hydrogens is 249 g/mol. The molecule has 0 aliphatic carbocycles. The Balaban J connectivity index is 2.13. The number of carbonyl (C=O) groups excluding carboxylic acids is 1. The van der Waals surface area contributed by atoms with E-state index in [2.05, 4.69) is 5.32 Å². The van der Waals surface area contributed by atoms with Gasteiger partial charge in [-0.3, -0.25) is 5.32 Å². The maximum absolute atomic E-state index is 11.6. The van der Waals surface area contributed by atoms with Gasteiger partial charge in [-0.2, -0.15) is 0 Å². The summed E-state index contributed by atoms with van der Waals surface area (Å²) >= 11 is 0. The molecule has 0 saturated carbocycles. The van der Waals surface area contributed by atoms with Gasteiger partial charge >= 0.3 is 12.8 Å². The predicted octanol–water partition coefficient (Wildman–Crippen LogP) is 0.694. The van der Waals surface area contributed by atoms with Crippen LogP contribution in [0.5, 0.6) is 0 Å². The standard InChI is InChI=1S/C12H17BNO5/c1-12(2,3)19-11(15)14-9-5-4-8-7-18-13(16,17)10(8)6-9/h4-6,16-17H,7H2,1-3H3,(H,14,15)/q-1. The smallest absolute Gasteiger partial charge is 0.412 e. The minimum absolute atomic E-state index is 0.148. The van der Waals surface area contributed by atoms with Gasteiger partial charge in [0.05, 0.1) is 0 Å². The van der Waals surface area contributed by atoms with Crippen molar-refractivity contribution in [2.45, 2.75) is 33.0 Å². The molecule has 1 aliphatic rings. The van der Waals surface area contributed by atoms with Crippen molar-refractivity contribution in [3.05, 3.63) is 23.8 Å². The van der Waals surface area contributed by atoms with Gasteiger partial charge in [0.1, 0.15) is 5.60 Å². The van der Waals surface area contributed by atoms with E-state index in [0.29, 0.717) is 11.3 Å². The maximum Gasteiger partial charge on any atom is 0.412 e. The summed E-state index contributed by atoms with van der Waals surface area (Å²) in [6.45, 7) is 2.47. The number of amides is 1. The van der Waals surface area contributed by atoms with Crippen LogP contribution in [0.2, 0.25) is 0 Å². The molecule has 19 heavy (non-hydrogen) atoms. The van der Waals surface area contributed by atoms with Crippen LogP contribution < -0.4 is 10.8 Å². The quantitative estimate of drug-likeness (QED) is 0.651. The number of ether oxygens (including phenoxy) is 1. The number of anilines is 1. The lowest BCUT2D eigenvalue weighted by Gasteiger charge is -2.23. The second kappa shape index (κ2) is 4.52. The molecule has 0 fully saturated rings. The summed E-state index contributed by atoms with van der Waals surface area (Å²) < 4.78 is 9.99. The Morgan fingerprint density at radius 1 is 1.42 bits per heavy atom. The molecule has 1 amide bonds. The van der Waals surface area contributed by atoms with Crippen molar-refractivity contribution in [3.8, 4) is 0 Å². The average Bonchev–Trinajstić information content (AvgIpc) is 2.52. The van der Waals surface area contributed by atoms with Crippen molar-refractivity contribution in [2.24, 2.45) is 0 Å². The van der Waals surface area contributed by atoms with Crippen molar-refractivity contribution >= 4 is 24.0 Å². The number of nitrogens with one attached hydrogen (secondary N) is 1. The highest BCUT2D eigenvalue weighted by Gasteiger charge is 2.31. The van der Waals surface area contributed by atoms with Gasteiger partial charge in [-0.1, -0.05) is 17.7 Å². The van der Waals surface area contributed by atoms with Crippen molar-refractivity contribution in [1.29, 1.82) is 0 Å². The van der Waals surface area contributed by atoms with E-state index >= 15 is 0 Å². The van der Waals surface area contributed by atoms with Crippen LogP contribution in [0.25, 0.3) is 0 Å². The first-order valence-corrected chi connectivity index (χ1v) is 6.03. The van der Waals surface area contributed by atoms with Crippen molar-refractivity contribution in [1.82, 2.24) is 0 Å². The van der Waals surface area contributed by atoms with Crippen LogP contribution in [0.4, 0.5) is 10.5 Å². The number of carbonyl (C=O) groups is 1. The minimum atomic E-state index is -2.97. The van der Waals surface area contributed by atoms with E-state index in [4.69, 9.17) is 9.39 Å². The molecule has 2 rings (SSSR count). The largest absolute Gasteiger partial charge is 0.556 e. The maximum atomic E-state index is 11.6. The first kappa shape index (κ1) is 13.9. The fourth-order valence-corrected chi connectivity index (χ4v) is 1.87. The highest BCUT2D eigenvalue weighted by Crippen LogP contribution is 2.19. The topological polar surface area (TPSA) is 88.0 Å². The van der Waals surface area contributed by atoms with E-state index in [9.17, 15) is 14.8 Å². The molecule has 6 nitrogen and oxygen atoms in total. The summed E-state index contributed by atoms with van der Waals surface area (Å²) in [4.78, 5) is 11.6. The Morgan fingerprint density at radius 2 is 2.11 bits per heavy atom. The Hall–Kier alpha value is -1.57. The average molecular weight is 266 g/mol. The normalized spacial score (nSPS) is 16.9.